The van der Waals surface area contributed by atoms with Crippen LogP contribution in [-0.2, 0) is 0 Å². The van der Waals surface area contributed by atoms with Crippen molar-refractivity contribution in [1.29, 1.82) is 0 Å². The molecule has 1 unspecified atom stereocenters. The predicted octanol–water partition coefficient (Wildman–Crippen LogP) is 2.53. The lowest BCUT2D eigenvalue weighted by Crippen LogP contribution is -2.39. The first-order chi connectivity index (χ1) is 7.04. The van der Waals surface area contributed by atoms with Crippen LogP contribution in [0.15, 0.2) is 0 Å². The Kier molecular flexibility index (Phi) is 5.07. The highest BCUT2D eigenvalue weighted by molar-refractivity contribution is 4.87. The second kappa shape index (κ2) is 5.86. The van der Waals surface area contributed by atoms with Gasteiger partial charge in [0, 0.05) is 19.1 Å². The van der Waals surface area contributed by atoms with E-state index in [1.54, 1.807) is 0 Å². The lowest BCUT2D eigenvalue weighted by atomic mass is 9.78. The minimum atomic E-state index is 0.280. The third kappa shape index (κ3) is 4.52. The van der Waals surface area contributed by atoms with E-state index in [1.807, 2.05) is 0 Å². The molecule has 90 valence electrons. The fourth-order valence-corrected chi connectivity index (χ4v) is 3.01. The summed E-state index contributed by atoms with van der Waals surface area (Å²) in [4.78, 5) is 0. The Balaban J connectivity index is 2.36. The number of hydrogen-bond acceptors (Lipinski definition) is 2. The van der Waals surface area contributed by atoms with Crippen molar-refractivity contribution < 1.29 is 0 Å². The molecular weight excluding hydrogens is 184 g/mol. The maximum Gasteiger partial charge on any atom is 0.0136 e. The zero-order valence-corrected chi connectivity index (χ0v) is 10.7. The van der Waals surface area contributed by atoms with Crippen LogP contribution in [0, 0.1) is 11.3 Å². The molecule has 3 N–H and O–H groups in total. The molecule has 0 aromatic carbocycles. The maximum atomic E-state index is 5.76. The molecule has 2 heteroatoms. The Bertz CT molecular complexity index is 169. The highest BCUT2D eigenvalue weighted by Crippen LogP contribution is 2.42. The van der Waals surface area contributed by atoms with E-state index in [0.29, 0.717) is 5.41 Å². The van der Waals surface area contributed by atoms with Crippen molar-refractivity contribution >= 4 is 0 Å². The molecule has 0 aromatic heterocycles. The van der Waals surface area contributed by atoms with Crippen molar-refractivity contribution in [2.45, 2.75) is 58.9 Å². The Morgan fingerprint density at radius 1 is 1.20 bits per heavy atom. The van der Waals surface area contributed by atoms with Crippen LogP contribution in [-0.4, -0.2) is 19.1 Å². The summed E-state index contributed by atoms with van der Waals surface area (Å²) >= 11 is 0. The molecule has 1 saturated carbocycles. The molecule has 1 fully saturated rings. The van der Waals surface area contributed by atoms with Crippen molar-refractivity contribution in [2.24, 2.45) is 17.1 Å². The van der Waals surface area contributed by atoms with Gasteiger partial charge in [-0.15, -0.1) is 0 Å². The summed E-state index contributed by atoms with van der Waals surface area (Å²) in [5.41, 5.74) is 6.35. The smallest absolute Gasteiger partial charge is 0.0136 e. The van der Waals surface area contributed by atoms with Gasteiger partial charge in [0.15, 0.2) is 0 Å². The highest BCUT2D eigenvalue weighted by Gasteiger charge is 2.33. The van der Waals surface area contributed by atoms with Crippen molar-refractivity contribution in [3.05, 3.63) is 0 Å². The number of rotatable bonds is 6. The van der Waals surface area contributed by atoms with Crippen LogP contribution in [0.25, 0.3) is 0 Å². The molecule has 1 atom stereocenters. The van der Waals surface area contributed by atoms with Crippen LogP contribution in [0.5, 0.6) is 0 Å². The molecule has 1 aliphatic rings. The normalized spacial score (nSPS) is 22.2. The van der Waals surface area contributed by atoms with Gasteiger partial charge in [0.25, 0.3) is 0 Å². The molecule has 2 nitrogen and oxygen atoms in total. The Morgan fingerprint density at radius 2 is 1.80 bits per heavy atom. The predicted molar refractivity (Wildman–Crippen MR) is 66.9 cm³/mol. The van der Waals surface area contributed by atoms with Gasteiger partial charge in [-0.2, -0.15) is 0 Å². The molecule has 0 saturated heterocycles. The summed E-state index contributed by atoms with van der Waals surface area (Å²) in [7, 11) is 0. The monoisotopic (exact) mass is 212 g/mol. The van der Waals surface area contributed by atoms with Crippen LogP contribution in [0.2, 0.25) is 0 Å². The van der Waals surface area contributed by atoms with Crippen molar-refractivity contribution in [3.63, 3.8) is 0 Å². The zero-order valence-electron chi connectivity index (χ0n) is 10.7. The number of hydrogen-bond donors (Lipinski definition) is 2. The zero-order chi connectivity index (χ0) is 11.3. The second-order valence-electron chi connectivity index (χ2n) is 5.91. The van der Waals surface area contributed by atoms with E-state index in [-0.39, 0.29) is 6.04 Å². The minimum Gasteiger partial charge on any atom is -0.327 e. The van der Waals surface area contributed by atoms with E-state index < -0.39 is 0 Å². The summed E-state index contributed by atoms with van der Waals surface area (Å²) in [5, 5.41) is 3.55. The van der Waals surface area contributed by atoms with Crippen LogP contribution < -0.4 is 11.1 Å². The first-order valence-corrected chi connectivity index (χ1v) is 6.50. The molecule has 0 amide bonds. The van der Waals surface area contributed by atoms with Gasteiger partial charge in [0.1, 0.15) is 0 Å². The molecule has 0 bridgehead atoms. The summed E-state index contributed by atoms with van der Waals surface area (Å²) in [6.45, 7) is 8.88. The molecule has 0 spiro atoms. The minimum absolute atomic E-state index is 0.280. The second-order valence-corrected chi connectivity index (χ2v) is 5.91. The molecule has 0 radical (unpaired) electrons. The van der Waals surface area contributed by atoms with Gasteiger partial charge in [-0.1, -0.05) is 26.7 Å². The average Bonchev–Trinajstić information content (AvgIpc) is 2.51. The maximum absolute atomic E-state index is 5.76. The number of nitrogens with one attached hydrogen (secondary N) is 1. The summed E-state index contributed by atoms with van der Waals surface area (Å²) < 4.78 is 0. The molecular formula is C13H28N2. The van der Waals surface area contributed by atoms with E-state index in [1.165, 1.54) is 38.6 Å². The largest absolute Gasteiger partial charge is 0.327 e. The van der Waals surface area contributed by atoms with E-state index in [0.717, 1.165) is 12.5 Å². The number of nitrogens with two attached hydrogens (primary N) is 1. The SMILES string of the molecule is CC(C)CC1(CNCC(C)N)CCCC1. The topological polar surface area (TPSA) is 38.0 Å². The molecule has 1 aliphatic carbocycles. The summed E-state index contributed by atoms with van der Waals surface area (Å²) in [6.07, 6.45) is 7.05. The first-order valence-electron chi connectivity index (χ1n) is 6.50. The van der Waals surface area contributed by atoms with Crippen LogP contribution in [0.4, 0.5) is 0 Å². The van der Waals surface area contributed by atoms with Gasteiger partial charge in [0.2, 0.25) is 0 Å². The summed E-state index contributed by atoms with van der Waals surface area (Å²) in [5.74, 6) is 0.820. The third-order valence-electron chi connectivity index (χ3n) is 3.47. The van der Waals surface area contributed by atoms with Gasteiger partial charge in [0.05, 0.1) is 0 Å². The van der Waals surface area contributed by atoms with E-state index in [2.05, 4.69) is 26.1 Å². The fourth-order valence-electron chi connectivity index (χ4n) is 3.01. The summed E-state index contributed by atoms with van der Waals surface area (Å²) in [6, 6.07) is 0.280. The van der Waals surface area contributed by atoms with Crippen molar-refractivity contribution in [3.8, 4) is 0 Å². The average molecular weight is 212 g/mol. The van der Waals surface area contributed by atoms with Crippen molar-refractivity contribution in [1.82, 2.24) is 5.32 Å². The Hall–Kier alpha value is -0.0800. The van der Waals surface area contributed by atoms with Crippen LogP contribution in [0.3, 0.4) is 0 Å². The van der Waals surface area contributed by atoms with Gasteiger partial charge in [-0.25, -0.2) is 0 Å². The van der Waals surface area contributed by atoms with Crippen molar-refractivity contribution in [2.75, 3.05) is 13.1 Å². The lowest BCUT2D eigenvalue weighted by molar-refractivity contribution is 0.223. The van der Waals surface area contributed by atoms with Gasteiger partial charge in [-0.05, 0) is 37.5 Å². The van der Waals surface area contributed by atoms with Gasteiger partial charge >= 0.3 is 0 Å². The fraction of sp³-hybridized carbons (Fsp3) is 1.00. The third-order valence-corrected chi connectivity index (χ3v) is 3.47. The van der Waals surface area contributed by atoms with Gasteiger partial charge < -0.3 is 11.1 Å². The van der Waals surface area contributed by atoms with Crippen LogP contribution >= 0.6 is 0 Å². The Labute approximate surface area is 95.0 Å². The first kappa shape index (κ1) is 13.0. The molecule has 0 heterocycles. The highest BCUT2D eigenvalue weighted by atomic mass is 14.9. The van der Waals surface area contributed by atoms with Crippen LogP contribution in [0.1, 0.15) is 52.9 Å². The van der Waals surface area contributed by atoms with E-state index >= 15 is 0 Å². The lowest BCUT2D eigenvalue weighted by Gasteiger charge is -2.31. The van der Waals surface area contributed by atoms with Gasteiger partial charge in [-0.3, -0.25) is 0 Å². The van der Waals surface area contributed by atoms with E-state index in [4.69, 9.17) is 5.73 Å². The molecule has 0 aliphatic heterocycles. The standard InChI is InChI=1S/C13H28N2/c1-11(2)8-13(6-4-5-7-13)10-15-9-12(3)14/h11-12,15H,4-10,14H2,1-3H3. The molecule has 0 aromatic rings. The Morgan fingerprint density at radius 3 is 2.27 bits per heavy atom. The molecule has 1 rings (SSSR count). The van der Waals surface area contributed by atoms with E-state index in [9.17, 15) is 0 Å². The quantitative estimate of drug-likeness (QED) is 0.710. The molecule has 15 heavy (non-hydrogen) atoms.